The highest BCUT2D eigenvalue weighted by Gasteiger charge is 2.42. The summed E-state index contributed by atoms with van der Waals surface area (Å²) in [5.41, 5.74) is -0.511. The van der Waals surface area contributed by atoms with E-state index in [9.17, 15) is 24.3 Å². The molecule has 33 heavy (non-hydrogen) atoms. The van der Waals surface area contributed by atoms with Crippen molar-refractivity contribution in [3.63, 3.8) is 0 Å². The van der Waals surface area contributed by atoms with Crippen LogP contribution in [0.4, 0.5) is 5.69 Å². The molecule has 1 saturated heterocycles. The van der Waals surface area contributed by atoms with Crippen molar-refractivity contribution >= 4 is 108 Å². The second-order valence-corrected chi connectivity index (χ2v) is 11.5. The molecule has 1 aromatic rings. The van der Waals surface area contributed by atoms with Crippen LogP contribution >= 0.6 is 79.4 Å². The first-order chi connectivity index (χ1) is 15.2. The Bertz CT molecular complexity index is 988. The number of anilines is 1. The number of carbonyl (C=O) groups excluding carboxylic acids is 4. The van der Waals surface area contributed by atoms with Crippen LogP contribution in [0.2, 0.25) is 0 Å². The number of carbonyl (C=O) groups is 4. The van der Waals surface area contributed by atoms with Gasteiger partial charge in [0, 0.05) is 31.5 Å². The van der Waals surface area contributed by atoms with Crippen molar-refractivity contribution in [3.05, 3.63) is 21.8 Å². The fourth-order valence-electron chi connectivity index (χ4n) is 2.95. The van der Waals surface area contributed by atoms with Crippen molar-refractivity contribution in [2.75, 3.05) is 31.7 Å². The normalized spacial score (nSPS) is 16.7. The number of aliphatic hydroxyl groups is 1. The summed E-state index contributed by atoms with van der Waals surface area (Å²) in [5, 5.41) is 11.8. The average molecular weight is 820 g/mol. The van der Waals surface area contributed by atoms with E-state index in [0.29, 0.717) is 10.7 Å². The van der Waals surface area contributed by atoms with Crippen LogP contribution in [-0.4, -0.2) is 60.2 Å². The highest BCUT2D eigenvalue weighted by atomic mass is 127. The van der Waals surface area contributed by atoms with E-state index in [1.165, 1.54) is 6.92 Å². The monoisotopic (exact) mass is 819 g/mol. The molecule has 0 saturated carbocycles. The molecule has 0 aliphatic carbocycles. The van der Waals surface area contributed by atoms with Gasteiger partial charge in [-0.15, -0.1) is 0 Å². The SMILES string of the molecule is CC(=O)OCC(=O)Nc1c(I)c(C(=O)Cl)c(I)c(C(=O)CC2(CO)COC(C)(C)OC2)c1I. The van der Waals surface area contributed by atoms with Crippen LogP contribution in [0, 0.1) is 16.1 Å². The Hall–Kier alpha value is -0.140. The van der Waals surface area contributed by atoms with Gasteiger partial charge in [0.15, 0.2) is 18.2 Å². The number of amides is 1. The first-order valence-corrected chi connectivity index (χ1v) is 13.1. The zero-order valence-electron chi connectivity index (χ0n) is 17.9. The molecule has 1 aliphatic heterocycles. The molecule has 13 heteroatoms. The number of aliphatic hydroxyl groups excluding tert-OH is 1. The molecule has 0 aromatic heterocycles. The molecule has 0 bridgehead atoms. The van der Waals surface area contributed by atoms with E-state index in [2.05, 4.69) is 5.32 Å². The predicted octanol–water partition coefficient (Wildman–Crippen LogP) is 3.72. The van der Waals surface area contributed by atoms with Crippen molar-refractivity contribution in [1.82, 2.24) is 0 Å². The van der Waals surface area contributed by atoms with Gasteiger partial charge in [0.25, 0.3) is 11.1 Å². The van der Waals surface area contributed by atoms with Gasteiger partial charge >= 0.3 is 5.97 Å². The van der Waals surface area contributed by atoms with Gasteiger partial charge in [0.2, 0.25) is 0 Å². The van der Waals surface area contributed by atoms with E-state index in [-0.39, 0.29) is 48.8 Å². The molecular weight excluding hydrogens is 798 g/mol. The zero-order valence-corrected chi connectivity index (χ0v) is 25.1. The third kappa shape index (κ3) is 7.19. The fraction of sp³-hybridized carbons (Fsp3) is 0.500. The van der Waals surface area contributed by atoms with Crippen molar-refractivity contribution in [2.45, 2.75) is 33.0 Å². The number of ketones is 1. The first-order valence-electron chi connectivity index (χ1n) is 9.49. The third-order valence-electron chi connectivity index (χ3n) is 4.79. The Morgan fingerprint density at radius 1 is 1.06 bits per heavy atom. The Labute approximate surface area is 236 Å². The summed E-state index contributed by atoms with van der Waals surface area (Å²) in [6.45, 7) is 3.98. The maximum Gasteiger partial charge on any atom is 0.303 e. The standard InChI is InChI=1S/C20H21ClI3NO8/c1-9(27)31-5-11(29)25-17-15(23)12(14(22)13(16(17)24)18(21)30)10(28)4-20(6-26)7-32-19(2,3)33-8-20/h26H,4-8H2,1-3H3,(H,25,29). The van der Waals surface area contributed by atoms with Crippen LogP contribution in [0.15, 0.2) is 0 Å². The second kappa shape index (κ2) is 11.7. The molecular formula is C20H21ClI3NO8. The molecule has 1 aromatic carbocycles. The zero-order chi connectivity index (χ0) is 25.1. The second-order valence-electron chi connectivity index (χ2n) is 7.90. The van der Waals surface area contributed by atoms with Gasteiger partial charge in [0.1, 0.15) is 0 Å². The maximum absolute atomic E-state index is 13.4. The van der Waals surface area contributed by atoms with Crippen LogP contribution in [0.5, 0.6) is 0 Å². The molecule has 2 N–H and O–H groups in total. The molecule has 1 fully saturated rings. The quantitative estimate of drug-likeness (QED) is 0.176. The molecule has 0 radical (unpaired) electrons. The lowest BCUT2D eigenvalue weighted by atomic mass is 9.82. The van der Waals surface area contributed by atoms with E-state index >= 15 is 0 Å². The number of halogens is 4. The van der Waals surface area contributed by atoms with Gasteiger partial charge in [-0.1, -0.05) is 0 Å². The van der Waals surface area contributed by atoms with Crippen LogP contribution < -0.4 is 5.32 Å². The molecule has 182 valence electrons. The van der Waals surface area contributed by atoms with Gasteiger partial charge < -0.3 is 24.6 Å². The molecule has 1 amide bonds. The highest BCUT2D eigenvalue weighted by molar-refractivity contribution is 14.1. The number of esters is 1. The van der Waals surface area contributed by atoms with Gasteiger partial charge in [-0.25, -0.2) is 0 Å². The largest absolute Gasteiger partial charge is 0.456 e. The number of ether oxygens (including phenoxy) is 3. The Kier molecular flexibility index (Phi) is 10.3. The van der Waals surface area contributed by atoms with Crippen LogP contribution in [0.25, 0.3) is 0 Å². The molecule has 2 rings (SSSR count). The van der Waals surface area contributed by atoms with E-state index < -0.39 is 34.9 Å². The lowest BCUT2D eigenvalue weighted by molar-refractivity contribution is -0.289. The molecule has 0 unspecified atom stereocenters. The molecule has 1 heterocycles. The fourth-order valence-corrected chi connectivity index (χ4v) is 7.98. The summed E-state index contributed by atoms with van der Waals surface area (Å²) in [4.78, 5) is 48.9. The van der Waals surface area contributed by atoms with E-state index in [1.807, 2.05) is 67.8 Å². The van der Waals surface area contributed by atoms with Crippen LogP contribution in [0.1, 0.15) is 47.9 Å². The molecule has 0 atom stereocenters. The average Bonchev–Trinajstić information content (AvgIpc) is 2.71. The summed E-state index contributed by atoms with van der Waals surface area (Å²) < 4.78 is 17.1. The first kappa shape index (κ1) is 29.1. The van der Waals surface area contributed by atoms with Crippen LogP contribution in [0.3, 0.4) is 0 Å². The topological polar surface area (TPSA) is 128 Å². The molecule has 1 aliphatic rings. The lowest BCUT2D eigenvalue weighted by Gasteiger charge is -2.42. The van der Waals surface area contributed by atoms with E-state index in [4.69, 9.17) is 25.8 Å². The summed E-state index contributed by atoms with van der Waals surface area (Å²) in [5.74, 6) is -2.48. The van der Waals surface area contributed by atoms with E-state index in [0.717, 1.165) is 0 Å². The van der Waals surface area contributed by atoms with Gasteiger partial charge in [-0.05, 0) is 93.2 Å². The van der Waals surface area contributed by atoms with Gasteiger partial charge in [-0.3, -0.25) is 19.2 Å². The van der Waals surface area contributed by atoms with Gasteiger partial charge in [-0.2, -0.15) is 0 Å². The minimum absolute atomic E-state index is 0.0692. The summed E-state index contributed by atoms with van der Waals surface area (Å²) in [6, 6.07) is 0. The van der Waals surface area contributed by atoms with Crippen molar-refractivity contribution in [2.24, 2.45) is 5.41 Å². The number of hydrogen-bond acceptors (Lipinski definition) is 8. The molecule has 0 spiro atoms. The Morgan fingerprint density at radius 3 is 2.09 bits per heavy atom. The number of Topliss-reactive ketones (excluding diaryl/α,β-unsaturated/α-hetero) is 1. The summed E-state index contributed by atoms with van der Waals surface area (Å²) >= 11 is 11.4. The number of benzene rings is 1. The van der Waals surface area contributed by atoms with Crippen molar-refractivity contribution in [3.8, 4) is 0 Å². The third-order valence-corrected chi connectivity index (χ3v) is 8.21. The maximum atomic E-state index is 13.4. The number of rotatable bonds is 8. The summed E-state index contributed by atoms with van der Waals surface area (Å²) in [7, 11) is 0. The van der Waals surface area contributed by atoms with Crippen molar-refractivity contribution in [1.29, 1.82) is 0 Å². The van der Waals surface area contributed by atoms with Crippen LogP contribution in [-0.2, 0) is 23.8 Å². The number of hydrogen-bond donors (Lipinski definition) is 2. The van der Waals surface area contributed by atoms with Crippen molar-refractivity contribution < 1.29 is 38.5 Å². The smallest absolute Gasteiger partial charge is 0.303 e. The highest BCUT2D eigenvalue weighted by Crippen LogP contribution is 2.39. The minimum atomic E-state index is -0.967. The lowest BCUT2D eigenvalue weighted by Crippen LogP contribution is -2.49. The predicted molar refractivity (Wildman–Crippen MR) is 144 cm³/mol. The molecule has 9 nitrogen and oxygen atoms in total. The Balaban J connectivity index is 2.47. The minimum Gasteiger partial charge on any atom is -0.456 e. The summed E-state index contributed by atoms with van der Waals surface area (Å²) in [6.07, 6.45) is -0.122. The number of nitrogens with one attached hydrogen (secondary N) is 1. The van der Waals surface area contributed by atoms with E-state index in [1.54, 1.807) is 13.8 Å². The van der Waals surface area contributed by atoms with Gasteiger partial charge in [0.05, 0.1) is 34.6 Å². The Morgan fingerprint density at radius 2 is 1.61 bits per heavy atom.